The number of aryl methyl sites for hydroxylation is 1. The van der Waals surface area contributed by atoms with Crippen molar-refractivity contribution in [2.45, 2.75) is 20.8 Å². The molecule has 0 atom stereocenters. The van der Waals surface area contributed by atoms with Crippen LogP contribution in [0, 0.1) is 6.92 Å². The van der Waals surface area contributed by atoms with Crippen LogP contribution in [0.15, 0.2) is 41.7 Å². The van der Waals surface area contributed by atoms with Crippen molar-refractivity contribution in [3.8, 4) is 5.69 Å². The minimum Gasteiger partial charge on any atom is -0.269 e. The topological polar surface area (TPSA) is 47.8 Å². The lowest BCUT2D eigenvalue weighted by atomic mass is 10.3. The van der Waals surface area contributed by atoms with Crippen LogP contribution in [0.25, 0.3) is 5.69 Å². The molecule has 0 aromatic carbocycles. The van der Waals surface area contributed by atoms with E-state index in [2.05, 4.69) is 9.97 Å². The van der Waals surface area contributed by atoms with Gasteiger partial charge in [0, 0.05) is 18.0 Å². The van der Waals surface area contributed by atoms with Gasteiger partial charge in [0.1, 0.15) is 6.33 Å². The Morgan fingerprint density at radius 3 is 2.50 bits per heavy atom. The smallest absolute Gasteiger partial charge is 0.257 e. The maximum absolute atomic E-state index is 11.4. The lowest BCUT2D eigenvalue weighted by Gasteiger charge is -2.02. The summed E-state index contributed by atoms with van der Waals surface area (Å²) in [5, 5.41) is 0. The van der Waals surface area contributed by atoms with E-state index < -0.39 is 0 Å². The number of aromatic nitrogens is 3. The molecule has 4 nitrogen and oxygen atoms in total. The van der Waals surface area contributed by atoms with Crippen LogP contribution in [0.2, 0.25) is 0 Å². The summed E-state index contributed by atoms with van der Waals surface area (Å²) in [5.41, 5.74) is 1.55. The van der Waals surface area contributed by atoms with Crippen LogP contribution in [-0.4, -0.2) is 14.5 Å². The second-order valence-corrected chi connectivity index (χ2v) is 2.95. The fourth-order valence-corrected chi connectivity index (χ4v) is 1.15. The third kappa shape index (κ3) is 2.76. The van der Waals surface area contributed by atoms with E-state index in [-0.39, 0.29) is 5.56 Å². The highest BCUT2D eigenvalue weighted by molar-refractivity contribution is 5.28. The van der Waals surface area contributed by atoms with E-state index in [0.717, 1.165) is 11.4 Å². The summed E-state index contributed by atoms with van der Waals surface area (Å²) in [6.45, 7) is 5.90. The second kappa shape index (κ2) is 5.80. The molecule has 0 bridgehead atoms. The van der Waals surface area contributed by atoms with Gasteiger partial charge in [0.15, 0.2) is 0 Å². The molecule has 0 fully saturated rings. The average molecular weight is 217 g/mol. The largest absolute Gasteiger partial charge is 0.269 e. The Hall–Kier alpha value is -1.97. The maximum atomic E-state index is 11.4. The Balaban J connectivity index is 0.000000606. The minimum absolute atomic E-state index is 0.106. The Labute approximate surface area is 94.6 Å². The van der Waals surface area contributed by atoms with Gasteiger partial charge in [-0.05, 0) is 19.1 Å². The SMILES string of the molecule is CC.Cc1ccc(-n2cnccc2=O)cn1. The van der Waals surface area contributed by atoms with Gasteiger partial charge in [-0.2, -0.15) is 0 Å². The quantitative estimate of drug-likeness (QED) is 0.733. The fourth-order valence-electron chi connectivity index (χ4n) is 1.15. The first-order valence-corrected chi connectivity index (χ1v) is 5.23. The highest BCUT2D eigenvalue weighted by Gasteiger charge is 1.97. The van der Waals surface area contributed by atoms with Crippen molar-refractivity contribution in [3.63, 3.8) is 0 Å². The normalized spacial score (nSPS) is 9.19. The summed E-state index contributed by atoms with van der Waals surface area (Å²) in [5.74, 6) is 0. The van der Waals surface area contributed by atoms with Crippen LogP contribution in [-0.2, 0) is 0 Å². The third-order valence-corrected chi connectivity index (χ3v) is 1.90. The highest BCUT2D eigenvalue weighted by Crippen LogP contribution is 2.02. The molecule has 0 unspecified atom stereocenters. The third-order valence-electron chi connectivity index (χ3n) is 1.90. The van der Waals surface area contributed by atoms with Gasteiger partial charge in [-0.25, -0.2) is 4.98 Å². The molecule has 2 aromatic heterocycles. The summed E-state index contributed by atoms with van der Waals surface area (Å²) >= 11 is 0. The van der Waals surface area contributed by atoms with Gasteiger partial charge in [0.2, 0.25) is 0 Å². The van der Waals surface area contributed by atoms with E-state index in [1.165, 1.54) is 23.2 Å². The zero-order valence-electron chi connectivity index (χ0n) is 9.71. The first-order chi connectivity index (χ1) is 7.77. The monoisotopic (exact) mass is 217 g/mol. The molecule has 0 aliphatic carbocycles. The molecule has 0 amide bonds. The summed E-state index contributed by atoms with van der Waals surface area (Å²) in [7, 11) is 0. The van der Waals surface area contributed by atoms with Gasteiger partial charge in [-0.15, -0.1) is 0 Å². The molecular formula is C12H15N3O. The Kier molecular flexibility index (Phi) is 4.39. The Bertz CT molecular complexity index is 488. The van der Waals surface area contributed by atoms with E-state index >= 15 is 0 Å². The Morgan fingerprint density at radius 2 is 1.94 bits per heavy atom. The number of hydrogen-bond acceptors (Lipinski definition) is 3. The van der Waals surface area contributed by atoms with Gasteiger partial charge in [0.25, 0.3) is 5.56 Å². The van der Waals surface area contributed by atoms with E-state index in [0.29, 0.717) is 0 Å². The van der Waals surface area contributed by atoms with Crippen molar-refractivity contribution in [1.82, 2.24) is 14.5 Å². The number of pyridine rings is 1. The number of hydrogen-bond donors (Lipinski definition) is 0. The first-order valence-electron chi connectivity index (χ1n) is 5.23. The van der Waals surface area contributed by atoms with Crippen molar-refractivity contribution < 1.29 is 0 Å². The maximum Gasteiger partial charge on any atom is 0.257 e. The van der Waals surface area contributed by atoms with E-state index in [1.807, 2.05) is 32.9 Å². The molecule has 0 radical (unpaired) electrons. The number of rotatable bonds is 1. The van der Waals surface area contributed by atoms with Gasteiger partial charge in [-0.3, -0.25) is 14.3 Å². The number of nitrogens with zero attached hydrogens (tertiary/aromatic N) is 3. The molecule has 2 aromatic rings. The predicted molar refractivity (Wildman–Crippen MR) is 63.7 cm³/mol. The molecule has 0 saturated carbocycles. The van der Waals surface area contributed by atoms with Gasteiger partial charge < -0.3 is 0 Å². The molecule has 0 spiro atoms. The molecule has 2 heterocycles. The second-order valence-electron chi connectivity index (χ2n) is 2.95. The van der Waals surface area contributed by atoms with Crippen LogP contribution in [0.1, 0.15) is 19.5 Å². The van der Waals surface area contributed by atoms with Crippen molar-refractivity contribution >= 4 is 0 Å². The molecule has 0 saturated heterocycles. The molecular weight excluding hydrogens is 202 g/mol. The predicted octanol–water partition coefficient (Wildman–Crippen LogP) is 1.96. The van der Waals surface area contributed by atoms with Crippen LogP contribution in [0.5, 0.6) is 0 Å². The lowest BCUT2D eigenvalue weighted by Crippen LogP contribution is -2.16. The van der Waals surface area contributed by atoms with Crippen molar-refractivity contribution in [2.75, 3.05) is 0 Å². The average Bonchev–Trinajstić information content (AvgIpc) is 2.34. The summed E-state index contributed by atoms with van der Waals surface area (Å²) in [6, 6.07) is 5.11. The van der Waals surface area contributed by atoms with E-state index in [4.69, 9.17) is 0 Å². The first kappa shape index (κ1) is 12.1. The molecule has 16 heavy (non-hydrogen) atoms. The fraction of sp³-hybridized carbons (Fsp3) is 0.250. The summed E-state index contributed by atoms with van der Waals surface area (Å²) in [6.07, 6.45) is 4.60. The van der Waals surface area contributed by atoms with Crippen molar-refractivity contribution in [3.05, 3.63) is 53.0 Å². The molecule has 0 aliphatic heterocycles. The lowest BCUT2D eigenvalue weighted by molar-refractivity contribution is 0.924. The molecule has 0 aliphatic rings. The van der Waals surface area contributed by atoms with Gasteiger partial charge in [-0.1, -0.05) is 13.8 Å². The molecule has 84 valence electrons. The highest BCUT2D eigenvalue weighted by atomic mass is 16.1. The van der Waals surface area contributed by atoms with Crippen molar-refractivity contribution in [1.29, 1.82) is 0 Å². The standard InChI is InChI=1S/C10H9N3O.C2H6/c1-8-2-3-9(6-12-8)13-7-11-5-4-10(13)14;1-2/h2-7H,1H3;1-2H3. The zero-order valence-corrected chi connectivity index (χ0v) is 9.71. The van der Waals surface area contributed by atoms with Crippen LogP contribution in [0.3, 0.4) is 0 Å². The van der Waals surface area contributed by atoms with E-state index in [9.17, 15) is 4.79 Å². The Morgan fingerprint density at radius 1 is 1.19 bits per heavy atom. The summed E-state index contributed by atoms with van der Waals surface area (Å²) in [4.78, 5) is 19.4. The van der Waals surface area contributed by atoms with E-state index in [1.54, 1.807) is 6.20 Å². The molecule has 4 heteroatoms. The van der Waals surface area contributed by atoms with Crippen molar-refractivity contribution in [2.24, 2.45) is 0 Å². The minimum atomic E-state index is -0.106. The molecule has 2 rings (SSSR count). The van der Waals surface area contributed by atoms with Crippen LogP contribution in [0.4, 0.5) is 0 Å². The van der Waals surface area contributed by atoms with Crippen LogP contribution >= 0.6 is 0 Å². The molecule has 0 N–H and O–H groups in total. The van der Waals surface area contributed by atoms with Gasteiger partial charge in [0.05, 0.1) is 11.9 Å². The summed E-state index contributed by atoms with van der Waals surface area (Å²) < 4.78 is 1.45. The van der Waals surface area contributed by atoms with Gasteiger partial charge >= 0.3 is 0 Å². The zero-order chi connectivity index (χ0) is 12.0. The van der Waals surface area contributed by atoms with Crippen LogP contribution < -0.4 is 5.56 Å².